The van der Waals surface area contributed by atoms with E-state index in [0.29, 0.717) is 67.5 Å². The number of piperazine rings is 1. The molecule has 1 fully saturated rings. The molecule has 174 valence electrons. The summed E-state index contributed by atoms with van der Waals surface area (Å²) in [6.07, 6.45) is 1.95. The topological polar surface area (TPSA) is 81.5 Å². The van der Waals surface area contributed by atoms with E-state index < -0.39 is 0 Å². The second kappa shape index (κ2) is 9.95. The molecule has 1 aliphatic rings. The quantitative estimate of drug-likeness (QED) is 0.484. The molecule has 0 bridgehead atoms. The molecule has 2 heterocycles. The van der Waals surface area contributed by atoms with Gasteiger partial charge in [0.2, 0.25) is 5.75 Å². The van der Waals surface area contributed by atoms with Gasteiger partial charge in [-0.25, -0.2) is 0 Å². The van der Waals surface area contributed by atoms with E-state index in [1.807, 2.05) is 29.2 Å². The summed E-state index contributed by atoms with van der Waals surface area (Å²) >= 11 is 0. The van der Waals surface area contributed by atoms with Crippen molar-refractivity contribution in [2.45, 2.75) is 6.42 Å². The zero-order chi connectivity index (χ0) is 23.4. The number of hydrogen-bond donors (Lipinski definition) is 0. The molecule has 0 radical (unpaired) electrons. The first kappa shape index (κ1) is 22.7. The maximum absolute atomic E-state index is 13.1. The molecule has 0 unspecified atom stereocenters. The summed E-state index contributed by atoms with van der Waals surface area (Å²) in [4.78, 5) is 29.8. The first-order valence-corrected chi connectivity index (χ1v) is 10.9. The number of ketones is 1. The number of nitrogens with zero attached hydrogens (tertiary/aromatic N) is 2. The number of carbonyl (C=O) groups is 2. The SMILES string of the molecule is COc1cc(C(=O)N2CCN(CCC(=O)c3coc4ccccc34)CC2)cc(OC)c1OC. The van der Waals surface area contributed by atoms with Crippen molar-refractivity contribution >= 4 is 22.7 Å². The van der Waals surface area contributed by atoms with Crippen LogP contribution in [0, 0.1) is 0 Å². The van der Waals surface area contributed by atoms with Gasteiger partial charge in [-0.1, -0.05) is 18.2 Å². The van der Waals surface area contributed by atoms with Crippen molar-refractivity contribution < 1.29 is 28.2 Å². The molecule has 33 heavy (non-hydrogen) atoms. The fraction of sp³-hybridized carbons (Fsp3) is 0.360. The van der Waals surface area contributed by atoms with E-state index >= 15 is 0 Å². The maximum Gasteiger partial charge on any atom is 0.254 e. The summed E-state index contributed by atoms with van der Waals surface area (Å²) in [7, 11) is 4.58. The molecule has 8 nitrogen and oxygen atoms in total. The zero-order valence-corrected chi connectivity index (χ0v) is 19.1. The number of Topliss-reactive ketones (excluding diaryl/α,β-unsaturated/α-hetero) is 1. The predicted octanol–water partition coefficient (Wildman–Crippen LogP) is 3.49. The smallest absolute Gasteiger partial charge is 0.254 e. The van der Waals surface area contributed by atoms with Crippen LogP contribution in [0.4, 0.5) is 0 Å². The third kappa shape index (κ3) is 4.66. The van der Waals surface area contributed by atoms with Crippen LogP contribution in [0.1, 0.15) is 27.1 Å². The molecule has 0 N–H and O–H groups in total. The number of methoxy groups -OCH3 is 3. The zero-order valence-electron chi connectivity index (χ0n) is 19.1. The maximum atomic E-state index is 13.1. The van der Waals surface area contributed by atoms with Gasteiger partial charge in [0.05, 0.1) is 26.9 Å². The highest BCUT2D eigenvalue weighted by molar-refractivity contribution is 6.07. The van der Waals surface area contributed by atoms with Gasteiger partial charge in [-0.15, -0.1) is 0 Å². The van der Waals surface area contributed by atoms with Crippen molar-refractivity contribution in [3.8, 4) is 17.2 Å². The number of para-hydroxylation sites is 1. The number of benzene rings is 2. The summed E-state index contributed by atoms with van der Waals surface area (Å²) in [6.45, 7) is 3.21. The molecular formula is C25H28N2O6. The minimum absolute atomic E-state index is 0.0656. The van der Waals surface area contributed by atoms with Gasteiger partial charge in [0.15, 0.2) is 17.3 Å². The van der Waals surface area contributed by atoms with Crippen molar-refractivity contribution in [3.05, 3.63) is 53.8 Å². The highest BCUT2D eigenvalue weighted by Crippen LogP contribution is 2.38. The fourth-order valence-electron chi connectivity index (χ4n) is 4.15. The van der Waals surface area contributed by atoms with Gasteiger partial charge >= 0.3 is 0 Å². The average molecular weight is 453 g/mol. The van der Waals surface area contributed by atoms with Crippen LogP contribution in [0.15, 0.2) is 47.1 Å². The van der Waals surface area contributed by atoms with Crippen molar-refractivity contribution in [1.82, 2.24) is 9.80 Å². The first-order chi connectivity index (χ1) is 16.0. The van der Waals surface area contributed by atoms with E-state index in [1.54, 1.807) is 18.4 Å². The fourth-order valence-corrected chi connectivity index (χ4v) is 4.15. The molecular weight excluding hydrogens is 424 g/mol. The van der Waals surface area contributed by atoms with Crippen LogP contribution >= 0.6 is 0 Å². The Morgan fingerprint density at radius 1 is 0.939 bits per heavy atom. The molecule has 4 rings (SSSR count). The van der Waals surface area contributed by atoms with Crippen LogP contribution < -0.4 is 14.2 Å². The predicted molar refractivity (Wildman–Crippen MR) is 124 cm³/mol. The molecule has 1 amide bonds. The number of fused-ring (bicyclic) bond motifs is 1. The molecule has 1 aliphatic heterocycles. The minimum Gasteiger partial charge on any atom is -0.493 e. The van der Waals surface area contributed by atoms with Gasteiger partial charge in [-0.2, -0.15) is 0 Å². The minimum atomic E-state index is -0.0881. The Morgan fingerprint density at radius 2 is 1.61 bits per heavy atom. The molecule has 3 aromatic rings. The van der Waals surface area contributed by atoms with Crippen molar-refractivity contribution in [3.63, 3.8) is 0 Å². The highest BCUT2D eigenvalue weighted by Gasteiger charge is 2.25. The van der Waals surface area contributed by atoms with Crippen molar-refractivity contribution in [1.29, 1.82) is 0 Å². The Morgan fingerprint density at radius 3 is 2.24 bits per heavy atom. The van der Waals surface area contributed by atoms with E-state index in [1.165, 1.54) is 21.3 Å². The number of hydrogen-bond acceptors (Lipinski definition) is 7. The van der Waals surface area contributed by atoms with Crippen molar-refractivity contribution in [2.24, 2.45) is 0 Å². The Bertz CT molecular complexity index is 1120. The summed E-state index contributed by atoms with van der Waals surface area (Å²) in [5.74, 6) is 1.33. The van der Waals surface area contributed by atoms with Gasteiger partial charge in [0.1, 0.15) is 11.8 Å². The highest BCUT2D eigenvalue weighted by atomic mass is 16.5. The van der Waals surface area contributed by atoms with Crippen LogP contribution in [0.3, 0.4) is 0 Å². The Balaban J connectivity index is 1.34. The van der Waals surface area contributed by atoms with Gasteiger partial charge in [0.25, 0.3) is 5.91 Å². The number of amides is 1. The third-order valence-electron chi connectivity index (χ3n) is 6.01. The molecule has 2 aromatic carbocycles. The lowest BCUT2D eigenvalue weighted by atomic mass is 10.1. The Labute approximate surface area is 192 Å². The van der Waals surface area contributed by atoms with E-state index in [9.17, 15) is 9.59 Å². The number of furan rings is 1. The lowest BCUT2D eigenvalue weighted by Gasteiger charge is -2.34. The number of carbonyl (C=O) groups excluding carboxylic acids is 2. The lowest BCUT2D eigenvalue weighted by Crippen LogP contribution is -2.49. The lowest BCUT2D eigenvalue weighted by molar-refractivity contribution is 0.0627. The molecule has 0 aliphatic carbocycles. The standard InChI is InChI=1S/C25H28N2O6/c1-30-22-14-17(15-23(31-2)24(22)32-3)25(29)27-12-10-26(11-13-27)9-8-20(28)19-16-33-21-7-5-4-6-18(19)21/h4-7,14-16H,8-13H2,1-3H3. The van der Waals surface area contributed by atoms with Crippen molar-refractivity contribution in [2.75, 3.05) is 54.1 Å². The second-order valence-corrected chi connectivity index (χ2v) is 7.87. The molecule has 8 heteroatoms. The summed E-state index contributed by atoms with van der Waals surface area (Å²) in [5.41, 5.74) is 1.83. The first-order valence-electron chi connectivity index (χ1n) is 10.9. The molecule has 0 atom stereocenters. The Hall–Kier alpha value is -3.52. The van der Waals surface area contributed by atoms with Crippen LogP contribution in [-0.4, -0.2) is 75.5 Å². The largest absolute Gasteiger partial charge is 0.493 e. The van der Waals surface area contributed by atoms with Gasteiger partial charge < -0.3 is 23.5 Å². The number of ether oxygens (including phenoxy) is 3. The van der Waals surface area contributed by atoms with Gasteiger partial charge in [-0.3, -0.25) is 14.5 Å². The normalized spacial score (nSPS) is 14.3. The average Bonchev–Trinajstić information content (AvgIpc) is 3.30. The Kier molecular flexibility index (Phi) is 6.84. The molecule has 0 spiro atoms. The van der Waals surface area contributed by atoms with Gasteiger partial charge in [-0.05, 0) is 18.2 Å². The van der Waals surface area contributed by atoms with Crippen LogP contribution in [0.5, 0.6) is 17.2 Å². The van der Waals surface area contributed by atoms with Gasteiger partial charge in [0, 0.05) is 50.1 Å². The van der Waals surface area contributed by atoms with Crippen LogP contribution in [-0.2, 0) is 0 Å². The second-order valence-electron chi connectivity index (χ2n) is 7.87. The van der Waals surface area contributed by atoms with Crippen LogP contribution in [0.25, 0.3) is 11.0 Å². The molecule has 1 aromatic heterocycles. The molecule has 1 saturated heterocycles. The summed E-state index contributed by atoms with van der Waals surface area (Å²) in [6, 6.07) is 10.9. The number of rotatable bonds is 8. The molecule has 0 saturated carbocycles. The summed E-state index contributed by atoms with van der Waals surface area (Å²) < 4.78 is 21.5. The van der Waals surface area contributed by atoms with E-state index in [4.69, 9.17) is 18.6 Å². The van der Waals surface area contributed by atoms with Crippen LogP contribution in [0.2, 0.25) is 0 Å². The third-order valence-corrected chi connectivity index (χ3v) is 6.01. The van der Waals surface area contributed by atoms with E-state index in [0.717, 1.165) is 11.0 Å². The van der Waals surface area contributed by atoms with E-state index in [-0.39, 0.29) is 11.7 Å². The van der Waals surface area contributed by atoms with E-state index in [2.05, 4.69) is 4.90 Å². The monoisotopic (exact) mass is 452 g/mol. The summed E-state index contributed by atoms with van der Waals surface area (Å²) in [5, 5.41) is 0.850.